The summed E-state index contributed by atoms with van der Waals surface area (Å²) in [6.07, 6.45) is 2.71. The number of fused-ring (bicyclic) bond motifs is 1. The van der Waals surface area contributed by atoms with Crippen molar-refractivity contribution in [3.63, 3.8) is 0 Å². The Hall–Kier alpha value is -3.68. The number of carbonyl (C=O) groups is 1. The Morgan fingerprint density at radius 2 is 1.88 bits per heavy atom. The molecule has 0 aliphatic heterocycles. The van der Waals surface area contributed by atoms with Gasteiger partial charge in [-0.25, -0.2) is 4.79 Å². The number of nitrogens with zero attached hydrogens (tertiary/aromatic N) is 2. The zero-order valence-corrected chi connectivity index (χ0v) is 20.3. The molecule has 2 heterocycles. The number of esters is 1. The molecule has 3 rings (SSSR count). The monoisotopic (exact) mass is 464 g/mol. The summed E-state index contributed by atoms with van der Waals surface area (Å²) < 4.78 is 12.6. The van der Waals surface area contributed by atoms with Crippen molar-refractivity contribution < 1.29 is 14.3 Å². The normalized spacial score (nSPS) is 12.3. The smallest absolute Gasteiger partial charge is 0.352 e. The minimum absolute atomic E-state index is 0.0838. The third-order valence-corrected chi connectivity index (χ3v) is 4.89. The Labute approximate surface area is 199 Å². The molecule has 2 aromatic heterocycles. The van der Waals surface area contributed by atoms with E-state index in [-0.39, 0.29) is 23.7 Å². The van der Waals surface area contributed by atoms with Gasteiger partial charge in [0.05, 0.1) is 6.61 Å². The predicted molar refractivity (Wildman–Crippen MR) is 134 cm³/mol. The predicted octanol–water partition coefficient (Wildman–Crippen LogP) is 4.70. The number of ether oxygens (including phenoxy) is 2. The van der Waals surface area contributed by atoms with Crippen molar-refractivity contribution in [3.8, 4) is 17.0 Å². The fourth-order valence-electron chi connectivity index (χ4n) is 3.42. The van der Waals surface area contributed by atoms with E-state index in [4.69, 9.17) is 14.9 Å². The van der Waals surface area contributed by atoms with Crippen LogP contribution in [0.1, 0.15) is 47.5 Å². The standard InChI is InChI=1S/C26H32N4O4/c1-6-15-33-23-22(24(31)30-14-8-7-9-21(30)29-23)18-10-12-19(13-11-18)28-17(2)16-20(27)25(32)34-26(3,4)5/h7-14,17,27-28H,6,15-16H2,1-5H3/t17-/m1/s1. The third-order valence-electron chi connectivity index (χ3n) is 4.89. The highest BCUT2D eigenvalue weighted by Gasteiger charge is 2.21. The molecule has 8 nitrogen and oxygen atoms in total. The third kappa shape index (κ3) is 6.21. The molecular formula is C26H32N4O4. The van der Waals surface area contributed by atoms with E-state index in [0.29, 0.717) is 29.3 Å². The zero-order valence-electron chi connectivity index (χ0n) is 20.3. The highest BCUT2D eigenvalue weighted by Crippen LogP contribution is 2.27. The molecule has 0 aliphatic carbocycles. The van der Waals surface area contributed by atoms with Crippen LogP contribution in [-0.4, -0.2) is 39.3 Å². The molecule has 1 aromatic carbocycles. The number of hydrogen-bond acceptors (Lipinski definition) is 7. The first kappa shape index (κ1) is 25.0. The van der Waals surface area contributed by atoms with Crippen LogP contribution in [0.25, 0.3) is 16.8 Å². The molecular weight excluding hydrogens is 432 g/mol. The number of hydrogen-bond donors (Lipinski definition) is 2. The number of rotatable bonds is 9. The molecule has 3 aromatic rings. The molecule has 0 aliphatic rings. The van der Waals surface area contributed by atoms with Gasteiger partial charge >= 0.3 is 5.97 Å². The van der Waals surface area contributed by atoms with E-state index in [1.54, 1.807) is 39.1 Å². The van der Waals surface area contributed by atoms with E-state index < -0.39 is 11.6 Å². The lowest BCUT2D eigenvalue weighted by molar-refractivity contribution is -0.146. The van der Waals surface area contributed by atoms with Gasteiger partial charge < -0.3 is 14.8 Å². The largest absolute Gasteiger partial charge is 0.477 e. The average Bonchev–Trinajstić information content (AvgIpc) is 2.77. The van der Waals surface area contributed by atoms with Gasteiger partial charge in [-0.05, 0) is 63.9 Å². The molecule has 180 valence electrons. The molecule has 8 heteroatoms. The molecule has 1 atom stereocenters. The fraction of sp³-hybridized carbons (Fsp3) is 0.385. The summed E-state index contributed by atoms with van der Waals surface area (Å²) in [6, 6.07) is 12.6. The summed E-state index contributed by atoms with van der Waals surface area (Å²) in [7, 11) is 0. The van der Waals surface area contributed by atoms with Crippen molar-refractivity contribution in [2.45, 2.75) is 59.1 Å². The second kappa shape index (κ2) is 10.5. The van der Waals surface area contributed by atoms with Crippen molar-refractivity contribution in [1.82, 2.24) is 9.38 Å². The number of anilines is 1. The Morgan fingerprint density at radius 1 is 1.18 bits per heavy atom. The highest BCUT2D eigenvalue weighted by molar-refractivity contribution is 6.35. The van der Waals surface area contributed by atoms with Crippen molar-refractivity contribution in [2.24, 2.45) is 0 Å². The van der Waals surface area contributed by atoms with E-state index in [9.17, 15) is 9.59 Å². The van der Waals surface area contributed by atoms with Gasteiger partial charge in [0, 0.05) is 24.3 Å². The van der Waals surface area contributed by atoms with Crippen LogP contribution >= 0.6 is 0 Å². The molecule has 0 unspecified atom stereocenters. The Kier molecular flexibility index (Phi) is 7.71. The summed E-state index contributed by atoms with van der Waals surface area (Å²) in [5.74, 6) is -0.293. The number of aromatic nitrogens is 2. The lowest BCUT2D eigenvalue weighted by Crippen LogP contribution is -2.31. The molecule has 0 fully saturated rings. The van der Waals surface area contributed by atoms with Gasteiger partial charge in [0.2, 0.25) is 5.88 Å². The number of pyridine rings is 1. The van der Waals surface area contributed by atoms with Crippen molar-refractivity contribution >= 4 is 23.0 Å². The van der Waals surface area contributed by atoms with Crippen LogP contribution in [0.5, 0.6) is 5.88 Å². The molecule has 0 saturated carbocycles. The Balaban J connectivity index is 1.79. The van der Waals surface area contributed by atoms with E-state index in [1.165, 1.54) is 4.40 Å². The lowest BCUT2D eigenvalue weighted by Gasteiger charge is -2.21. The first-order valence-corrected chi connectivity index (χ1v) is 11.4. The van der Waals surface area contributed by atoms with Crippen LogP contribution < -0.4 is 15.6 Å². The summed E-state index contributed by atoms with van der Waals surface area (Å²) >= 11 is 0. The maximum absolute atomic E-state index is 13.2. The van der Waals surface area contributed by atoms with E-state index in [0.717, 1.165) is 12.1 Å². The molecule has 34 heavy (non-hydrogen) atoms. The zero-order chi connectivity index (χ0) is 24.9. The van der Waals surface area contributed by atoms with Crippen molar-refractivity contribution in [1.29, 1.82) is 5.41 Å². The van der Waals surface area contributed by atoms with Crippen LogP contribution in [0.2, 0.25) is 0 Å². The molecule has 0 amide bonds. The van der Waals surface area contributed by atoms with E-state index >= 15 is 0 Å². The van der Waals surface area contributed by atoms with Gasteiger partial charge in [0.25, 0.3) is 5.56 Å². The maximum atomic E-state index is 13.2. The van der Waals surface area contributed by atoms with Crippen molar-refractivity contribution in [2.75, 3.05) is 11.9 Å². The van der Waals surface area contributed by atoms with Crippen LogP contribution in [-0.2, 0) is 9.53 Å². The summed E-state index contributed by atoms with van der Waals surface area (Å²) in [5.41, 5.74) is 1.52. The average molecular weight is 465 g/mol. The molecule has 2 N–H and O–H groups in total. The van der Waals surface area contributed by atoms with Gasteiger partial charge in [-0.3, -0.25) is 14.6 Å². The van der Waals surface area contributed by atoms with Gasteiger partial charge in [-0.1, -0.05) is 25.1 Å². The number of benzene rings is 1. The summed E-state index contributed by atoms with van der Waals surface area (Å²) in [4.78, 5) is 29.8. The summed E-state index contributed by atoms with van der Waals surface area (Å²) in [6.45, 7) is 9.68. The van der Waals surface area contributed by atoms with Crippen LogP contribution in [0.15, 0.2) is 53.5 Å². The molecule has 0 saturated heterocycles. The maximum Gasteiger partial charge on any atom is 0.352 e. The highest BCUT2D eigenvalue weighted by atomic mass is 16.6. The number of nitrogens with one attached hydrogen (secondary N) is 2. The second-order valence-corrected chi connectivity index (χ2v) is 9.18. The lowest BCUT2D eigenvalue weighted by atomic mass is 10.1. The molecule has 0 spiro atoms. The van der Waals surface area contributed by atoms with Gasteiger partial charge in [-0.15, -0.1) is 0 Å². The minimum Gasteiger partial charge on any atom is -0.477 e. The van der Waals surface area contributed by atoms with Gasteiger partial charge in [-0.2, -0.15) is 4.98 Å². The minimum atomic E-state index is -0.633. The fourth-order valence-corrected chi connectivity index (χ4v) is 3.42. The van der Waals surface area contributed by atoms with Crippen LogP contribution in [0, 0.1) is 5.41 Å². The van der Waals surface area contributed by atoms with E-state index in [1.807, 2.05) is 44.2 Å². The van der Waals surface area contributed by atoms with Crippen molar-refractivity contribution in [3.05, 3.63) is 59.0 Å². The first-order chi connectivity index (χ1) is 16.1. The van der Waals surface area contributed by atoms with E-state index in [2.05, 4.69) is 10.3 Å². The Bertz CT molecular complexity index is 1230. The first-order valence-electron chi connectivity index (χ1n) is 11.4. The van der Waals surface area contributed by atoms with Crippen LogP contribution in [0.3, 0.4) is 0 Å². The SMILES string of the molecule is CCCOc1nc2ccccn2c(=O)c1-c1ccc(N[C@H](C)CC(=N)C(=O)OC(C)(C)C)cc1. The summed E-state index contributed by atoms with van der Waals surface area (Å²) in [5, 5.41) is 11.3. The Morgan fingerprint density at radius 3 is 2.53 bits per heavy atom. The van der Waals surface area contributed by atoms with Gasteiger partial charge in [0.15, 0.2) is 0 Å². The topological polar surface area (TPSA) is 106 Å². The second-order valence-electron chi connectivity index (χ2n) is 9.18. The molecule has 0 bridgehead atoms. The number of carbonyl (C=O) groups excluding carboxylic acids is 1. The quantitative estimate of drug-likeness (QED) is 0.351. The van der Waals surface area contributed by atoms with Gasteiger partial charge in [0.1, 0.15) is 22.5 Å². The molecule has 0 radical (unpaired) electrons. The van der Waals surface area contributed by atoms with Crippen LogP contribution in [0.4, 0.5) is 5.69 Å².